The van der Waals surface area contributed by atoms with Crippen LogP contribution in [0.3, 0.4) is 0 Å². The van der Waals surface area contributed by atoms with Crippen LogP contribution in [0.1, 0.15) is 12.2 Å². The maximum atomic E-state index is 11.2. The minimum atomic E-state index is 0.0785. The van der Waals surface area contributed by atoms with Gasteiger partial charge in [0.05, 0.1) is 13.1 Å². The molecule has 1 amide bonds. The highest BCUT2D eigenvalue weighted by Gasteiger charge is 2.05. The Hall–Kier alpha value is -1.43. The van der Waals surface area contributed by atoms with E-state index in [0.717, 1.165) is 0 Å². The van der Waals surface area contributed by atoms with Gasteiger partial charge in [0.1, 0.15) is 6.33 Å². The molecule has 1 aromatic heterocycles. The summed E-state index contributed by atoms with van der Waals surface area (Å²) in [5.74, 6) is 0.678. The van der Waals surface area contributed by atoms with E-state index in [9.17, 15) is 4.79 Å². The standard InChI is InChI=1S/C8H15N5O/c1-12(2)8(14)3-4-13-6-10-7(5-9)11-13/h6H,3-5,9H2,1-2H3. The molecule has 0 aliphatic heterocycles. The van der Waals surface area contributed by atoms with Gasteiger partial charge >= 0.3 is 0 Å². The second-order valence-corrected chi connectivity index (χ2v) is 3.17. The molecule has 0 fully saturated rings. The smallest absolute Gasteiger partial charge is 0.223 e. The number of aromatic nitrogens is 3. The fraction of sp³-hybridized carbons (Fsp3) is 0.625. The van der Waals surface area contributed by atoms with Crippen molar-refractivity contribution in [3.63, 3.8) is 0 Å². The van der Waals surface area contributed by atoms with Crippen LogP contribution in [0.25, 0.3) is 0 Å². The molecule has 2 N–H and O–H groups in total. The normalized spacial score (nSPS) is 10.2. The highest BCUT2D eigenvalue weighted by molar-refractivity contribution is 5.75. The Labute approximate surface area is 82.7 Å². The van der Waals surface area contributed by atoms with Gasteiger partial charge < -0.3 is 10.6 Å². The van der Waals surface area contributed by atoms with E-state index in [1.807, 2.05) is 0 Å². The van der Waals surface area contributed by atoms with Gasteiger partial charge in [0.15, 0.2) is 5.82 Å². The zero-order valence-corrected chi connectivity index (χ0v) is 8.47. The molecule has 0 atom stereocenters. The van der Waals surface area contributed by atoms with Gasteiger partial charge in [-0.25, -0.2) is 4.98 Å². The molecular weight excluding hydrogens is 182 g/mol. The lowest BCUT2D eigenvalue weighted by molar-refractivity contribution is -0.128. The van der Waals surface area contributed by atoms with Crippen LogP contribution in [0.5, 0.6) is 0 Å². The first-order valence-electron chi connectivity index (χ1n) is 4.42. The van der Waals surface area contributed by atoms with Gasteiger partial charge in [-0.2, -0.15) is 5.10 Å². The lowest BCUT2D eigenvalue weighted by Crippen LogP contribution is -2.23. The van der Waals surface area contributed by atoms with Crippen molar-refractivity contribution in [3.8, 4) is 0 Å². The Bertz CT molecular complexity index is 306. The number of nitrogens with two attached hydrogens (primary N) is 1. The van der Waals surface area contributed by atoms with Gasteiger partial charge in [0, 0.05) is 20.5 Å². The van der Waals surface area contributed by atoms with Crippen molar-refractivity contribution in [1.29, 1.82) is 0 Å². The van der Waals surface area contributed by atoms with Crippen LogP contribution in [-0.4, -0.2) is 39.7 Å². The van der Waals surface area contributed by atoms with Crippen LogP contribution in [0, 0.1) is 0 Å². The van der Waals surface area contributed by atoms with Crippen LogP contribution in [-0.2, 0) is 17.9 Å². The van der Waals surface area contributed by atoms with E-state index >= 15 is 0 Å². The monoisotopic (exact) mass is 197 g/mol. The molecule has 0 aliphatic rings. The third-order valence-corrected chi connectivity index (χ3v) is 1.82. The van der Waals surface area contributed by atoms with Crippen molar-refractivity contribution < 1.29 is 4.79 Å². The summed E-state index contributed by atoms with van der Waals surface area (Å²) in [6, 6.07) is 0. The first-order valence-corrected chi connectivity index (χ1v) is 4.42. The van der Waals surface area contributed by atoms with Crippen LogP contribution in [0.4, 0.5) is 0 Å². The summed E-state index contributed by atoms with van der Waals surface area (Å²) >= 11 is 0. The molecule has 0 aromatic carbocycles. The highest BCUT2D eigenvalue weighted by atomic mass is 16.2. The molecule has 0 aliphatic carbocycles. The van der Waals surface area contributed by atoms with Gasteiger partial charge in [-0.15, -0.1) is 0 Å². The Morgan fingerprint density at radius 2 is 2.36 bits per heavy atom. The number of nitrogens with zero attached hydrogens (tertiary/aromatic N) is 4. The fourth-order valence-corrected chi connectivity index (χ4v) is 0.968. The second kappa shape index (κ2) is 4.71. The SMILES string of the molecule is CN(C)C(=O)CCn1cnc(CN)n1. The first kappa shape index (κ1) is 10.6. The molecule has 0 unspecified atom stereocenters. The average Bonchev–Trinajstić information content (AvgIpc) is 2.61. The van der Waals surface area contributed by atoms with E-state index < -0.39 is 0 Å². The predicted octanol–water partition coefficient (Wildman–Crippen LogP) is -0.785. The fourth-order valence-electron chi connectivity index (χ4n) is 0.968. The topological polar surface area (TPSA) is 77.0 Å². The van der Waals surface area contributed by atoms with Crippen LogP contribution >= 0.6 is 0 Å². The van der Waals surface area contributed by atoms with Gasteiger partial charge in [-0.1, -0.05) is 0 Å². The third-order valence-electron chi connectivity index (χ3n) is 1.82. The van der Waals surface area contributed by atoms with Gasteiger partial charge in [-0.05, 0) is 0 Å². The summed E-state index contributed by atoms with van der Waals surface area (Å²) in [5.41, 5.74) is 5.35. The van der Waals surface area contributed by atoms with E-state index in [2.05, 4.69) is 10.1 Å². The molecule has 0 bridgehead atoms. The second-order valence-electron chi connectivity index (χ2n) is 3.17. The molecule has 0 saturated carbocycles. The van der Waals surface area contributed by atoms with Crippen molar-refractivity contribution in [2.24, 2.45) is 5.73 Å². The quantitative estimate of drug-likeness (QED) is 0.686. The molecule has 14 heavy (non-hydrogen) atoms. The van der Waals surface area contributed by atoms with Gasteiger partial charge in [-0.3, -0.25) is 9.48 Å². The number of hydrogen-bond acceptors (Lipinski definition) is 4. The van der Waals surface area contributed by atoms with E-state index in [0.29, 0.717) is 25.3 Å². The van der Waals surface area contributed by atoms with E-state index in [4.69, 9.17) is 5.73 Å². The molecule has 1 heterocycles. The molecule has 0 saturated heterocycles. The molecule has 78 valence electrons. The van der Waals surface area contributed by atoms with E-state index in [1.54, 1.807) is 30.0 Å². The number of amides is 1. The van der Waals surface area contributed by atoms with E-state index in [1.165, 1.54) is 0 Å². The minimum Gasteiger partial charge on any atom is -0.349 e. The number of hydrogen-bond donors (Lipinski definition) is 1. The zero-order valence-electron chi connectivity index (χ0n) is 8.47. The lowest BCUT2D eigenvalue weighted by atomic mass is 10.4. The number of carbonyl (C=O) groups is 1. The summed E-state index contributed by atoms with van der Waals surface area (Å²) in [6.45, 7) is 0.874. The average molecular weight is 197 g/mol. The number of rotatable bonds is 4. The molecule has 6 heteroatoms. The molecule has 1 rings (SSSR count). The van der Waals surface area contributed by atoms with Crippen LogP contribution in [0.2, 0.25) is 0 Å². The summed E-state index contributed by atoms with van der Waals surface area (Å²) in [4.78, 5) is 16.7. The number of carbonyl (C=O) groups excluding carboxylic acids is 1. The Morgan fingerprint density at radius 3 is 2.86 bits per heavy atom. The third kappa shape index (κ3) is 2.81. The van der Waals surface area contributed by atoms with Crippen molar-refractivity contribution in [2.45, 2.75) is 19.5 Å². The maximum absolute atomic E-state index is 11.2. The molecule has 1 aromatic rings. The van der Waals surface area contributed by atoms with Gasteiger partial charge in [0.25, 0.3) is 0 Å². The highest BCUT2D eigenvalue weighted by Crippen LogP contribution is 1.93. The Balaban J connectivity index is 2.41. The van der Waals surface area contributed by atoms with Crippen molar-refractivity contribution in [3.05, 3.63) is 12.2 Å². The van der Waals surface area contributed by atoms with Crippen molar-refractivity contribution in [2.75, 3.05) is 14.1 Å². The van der Waals surface area contributed by atoms with Crippen molar-refractivity contribution >= 4 is 5.91 Å². The van der Waals surface area contributed by atoms with Crippen LogP contribution < -0.4 is 5.73 Å². The molecule has 6 nitrogen and oxygen atoms in total. The summed E-state index contributed by atoms with van der Waals surface area (Å²) in [7, 11) is 3.46. The summed E-state index contributed by atoms with van der Waals surface area (Å²) < 4.78 is 1.63. The van der Waals surface area contributed by atoms with Gasteiger partial charge in [0.2, 0.25) is 5.91 Å². The molecule has 0 spiro atoms. The largest absolute Gasteiger partial charge is 0.349 e. The van der Waals surface area contributed by atoms with Crippen molar-refractivity contribution in [1.82, 2.24) is 19.7 Å². The first-order chi connectivity index (χ1) is 6.63. The predicted molar refractivity (Wildman–Crippen MR) is 51.2 cm³/mol. The maximum Gasteiger partial charge on any atom is 0.223 e. The Kier molecular flexibility index (Phi) is 3.58. The van der Waals surface area contributed by atoms with E-state index in [-0.39, 0.29) is 5.91 Å². The minimum absolute atomic E-state index is 0.0785. The zero-order chi connectivity index (χ0) is 10.6. The van der Waals surface area contributed by atoms with Crippen LogP contribution in [0.15, 0.2) is 6.33 Å². The molecular formula is C8H15N5O. The summed E-state index contributed by atoms with van der Waals surface area (Å²) in [6.07, 6.45) is 2.02. The lowest BCUT2D eigenvalue weighted by Gasteiger charge is -2.09. The summed E-state index contributed by atoms with van der Waals surface area (Å²) in [5, 5.41) is 4.07. The Morgan fingerprint density at radius 1 is 1.64 bits per heavy atom. The number of aryl methyl sites for hydroxylation is 1. The molecule has 0 radical (unpaired) electrons.